The first-order chi connectivity index (χ1) is 10.4. The molecule has 22 heavy (non-hydrogen) atoms. The van der Waals surface area contributed by atoms with Gasteiger partial charge in [-0.3, -0.25) is 9.97 Å². The van der Waals surface area contributed by atoms with Gasteiger partial charge >= 0.3 is 11.9 Å². The van der Waals surface area contributed by atoms with E-state index in [0.29, 0.717) is 29.5 Å². The highest BCUT2D eigenvalue weighted by Gasteiger charge is 2.04. The van der Waals surface area contributed by atoms with Crippen LogP contribution in [0.3, 0.4) is 0 Å². The number of carboxylic acid groups (broad SMARTS) is 2. The Hall–Kier alpha value is -3.49. The maximum Gasteiger partial charge on any atom is 0.328 e. The van der Waals surface area contributed by atoms with Crippen molar-refractivity contribution >= 4 is 23.6 Å². The summed E-state index contributed by atoms with van der Waals surface area (Å²) < 4.78 is 0. The Morgan fingerprint density at radius 1 is 1.05 bits per heavy atom. The van der Waals surface area contributed by atoms with E-state index in [2.05, 4.69) is 15.0 Å². The van der Waals surface area contributed by atoms with Crippen molar-refractivity contribution in [3.63, 3.8) is 0 Å². The van der Waals surface area contributed by atoms with Crippen LogP contribution in [0.5, 0.6) is 0 Å². The van der Waals surface area contributed by atoms with Crippen LogP contribution in [0.15, 0.2) is 42.9 Å². The van der Waals surface area contributed by atoms with E-state index in [1.807, 2.05) is 0 Å². The van der Waals surface area contributed by atoms with Gasteiger partial charge in [-0.1, -0.05) is 0 Å². The number of anilines is 2. The lowest BCUT2D eigenvalue weighted by Gasteiger charge is -2.03. The van der Waals surface area contributed by atoms with Crippen molar-refractivity contribution < 1.29 is 19.8 Å². The molecule has 0 saturated carbocycles. The summed E-state index contributed by atoms with van der Waals surface area (Å²) in [6.07, 6.45) is 5.95. The molecule has 0 aromatic carbocycles. The number of aliphatic carboxylic acids is 2. The average molecular weight is 303 g/mol. The first-order valence-corrected chi connectivity index (χ1v) is 5.82. The topological polar surface area (TPSA) is 165 Å². The Bertz CT molecular complexity index is 672. The summed E-state index contributed by atoms with van der Waals surface area (Å²) in [5.41, 5.74) is 12.6. The predicted octanol–water partition coefficient (Wildman–Crippen LogP) is 0.415. The van der Waals surface area contributed by atoms with Gasteiger partial charge in [-0.2, -0.15) is 0 Å². The third kappa shape index (κ3) is 5.65. The van der Waals surface area contributed by atoms with Crippen molar-refractivity contribution in [3.05, 3.63) is 42.9 Å². The molecule has 0 amide bonds. The Morgan fingerprint density at radius 3 is 2.14 bits per heavy atom. The first-order valence-electron chi connectivity index (χ1n) is 5.82. The number of nitrogens with zero attached hydrogens (tertiary/aromatic N) is 3. The predicted molar refractivity (Wildman–Crippen MR) is 78.5 cm³/mol. The smallest absolute Gasteiger partial charge is 0.328 e. The number of hydrogen-bond acceptors (Lipinski definition) is 7. The third-order valence-corrected chi connectivity index (χ3v) is 2.15. The monoisotopic (exact) mass is 303 g/mol. The highest BCUT2D eigenvalue weighted by molar-refractivity contribution is 5.89. The van der Waals surface area contributed by atoms with Crippen LogP contribution in [-0.4, -0.2) is 37.1 Å². The van der Waals surface area contributed by atoms with Crippen LogP contribution < -0.4 is 11.5 Å². The Kier molecular flexibility index (Phi) is 5.98. The fourth-order valence-corrected chi connectivity index (χ4v) is 1.29. The lowest BCUT2D eigenvalue weighted by Crippen LogP contribution is -1.99. The summed E-state index contributed by atoms with van der Waals surface area (Å²) in [4.78, 5) is 31.1. The SMILES string of the molecule is Nc1ccc(-c2cnccn2)c(N)n1.O=C(O)/C=C\C(=O)O. The van der Waals surface area contributed by atoms with E-state index in [1.165, 1.54) is 0 Å². The second-order valence-corrected chi connectivity index (χ2v) is 3.77. The summed E-state index contributed by atoms with van der Waals surface area (Å²) in [6, 6.07) is 3.46. The second-order valence-electron chi connectivity index (χ2n) is 3.77. The van der Waals surface area contributed by atoms with Crippen molar-refractivity contribution in [1.82, 2.24) is 15.0 Å². The average Bonchev–Trinajstić information content (AvgIpc) is 2.47. The van der Waals surface area contributed by atoms with Gasteiger partial charge in [0.1, 0.15) is 11.6 Å². The van der Waals surface area contributed by atoms with Crippen LogP contribution in [0.25, 0.3) is 11.3 Å². The summed E-state index contributed by atoms with van der Waals surface area (Å²) in [5, 5.41) is 15.6. The van der Waals surface area contributed by atoms with Crippen molar-refractivity contribution in [2.45, 2.75) is 0 Å². The van der Waals surface area contributed by atoms with E-state index >= 15 is 0 Å². The molecule has 114 valence electrons. The maximum atomic E-state index is 9.55. The molecule has 2 rings (SSSR count). The molecule has 0 aliphatic carbocycles. The van der Waals surface area contributed by atoms with Gasteiger partial charge in [0, 0.05) is 30.1 Å². The Balaban J connectivity index is 0.000000261. The fraction of sp³-hybridized carbons (Fsp3) is 0. The van der Waals surface area contributed by atoms with Gasteiger partial charge < -0.3 is 21.7 Å². The van der Waals surface area contributed by atoms with Gasteiger partial charge in [0.05, 0.1) is 11.9 Å². The van der Waals surface area contributed by atoms with E-state index in [1.54, 1.807) is 30.7 Å². The number of carboxylic acids is 2. The van der Waals surface area contributed by atoms with Crippen LogP contribution in [0.1, 0.15) is 0 Å². The maximum absolute atomic E-state index is 9.55. The van der Waals surface area contributed by atoms with E-state index in [9.17, 15) is 9.59 Å². The van der Waals surface area contributed by atoms with E-state index in [0.717, 1.165) is 5.56 Å². The molecule has 0 aliphatic rings. The molecule has 0 bridgehead atoms. The van der Waals surface area contributed by atoms with Gasteiger partial charge in [-0.05, 0) is 12.1 Å². The molecule has 0 saturated heterocycles. The van der Waals surface area contributed by atoms with Crippen LogP contribution in [-0.2, 0) is 9.59 Å². The van der Waals surface area contributed by atoms with E-state index in [-0.39, 0.29) is 0 Å². The van der Waals surface area contributed by atoms with Crippen LogP contribution in [0.4, 0.5) is 11.6 Å². The first kappa shape index (κ1) is 16.6. The summed E-state index contributed by atoms with van der Waals surface area (Å²) in [6.45, 7) is 0. The highest BCUT2D eigenvalue weighted by Crippen LogP contribution is 2.21. The highest BCUT2D eigenvalue weighted by atomic mass is 16.4. The number of rotatable bonds is 3. The minimum absolute atomic E-state index is 0.366. The molecule has 9 nitrogen and oxygen atoms in total. The zero-order valence-corrected chi connectivity index (χ0v) is 11.2. The number of aromatic nitrogens is 3. The van der Waals surface area contributed by atoms with E-state index < -0.39 is 11.9 Å². The van der Waals surface area contributed by atoms with Crippen molar-refractivity contribution in [3.8, 4) is 11.3 Å². The number of nitrogens with two attached hydrogens (primary N) is 2. The van der Waals surface area contributed by atoms with Crippen molar-refractivity contribution in [2.75, 3.05) is 11.5 Å². The van der Waals surface area contributed by atoms with Crippen LogP contribution in [0.2, 0.25) is 0 Å². The molecule has 0 spiro atoms. The van der Waals surface area contributed by atoms with Gasteiger partial charge in [-0.15, -0.1) is 0 Å². The lowest BCUT2D eigenvalue weighted by molar-refractivity contribution is -0.134. The quantitative estimate of drug-likeness (QED) is 0.587. The molecule has 2 aromatic rings. The zero-order chi connectivity index (χ0) is 16.5. The number of pyridine rings is 1. The molecule has 2 heterocycles. The molecule has 2 aromatic heterocycles. The minimum Gasteiger partial charge on any atom is -0.478 e. The minimum atomic E-state index is -1.26. The molecular weight excluding hydrogens is 290 g/mol. The fourth-order valence-electron chi connectivity index (χ4n) is 1.29. The van der Waals surface area contributed by atoms with Crippen LogP contribution in [0, 0.1) is 0 Å². The summed E-state index contributed by atoms with van der Waals surface area (Å²) in [7, 11) is 0. The molecule has 6 N–H and O–H groups in total. The van der Waals surface area contributed by atoms with E-state index in [4.69, 9.17) is 21.7 Å². The third-order valence-electron chi connectivity index (χ3n) is 2.15. The Morgan fingerprint density at radius 2 is 1.68 bits per heavy atom. The van der Waals surface area contributed by atoms with Gasteiger partial charge in [0.15, 0.2) is 0 Å². The number of carbonyl (C=O) groups is 2. The number of nitrogen functional groups attached to an aromatic ring is 2. The van der Waals surface area contributed by atoms with Gasteiger partial charge in [-0.25, -0.2) is 14.6 Å². The zero-order valence-electron chi connectivity index (χ0n) is 11.2. The van der Waals surface area contributed by atoms with Crippen LogP contribution >= 0.6 is 0 Å². The molecule has 0 aliphatic heterocycles. The standard InChI is InChI=1S/C9H9N5.C4H4O4/c10-8-2-1-6(9(11)14-8)7-5-12-3-4-13-7;5-3(6)1-2-4(7)8/h1-5H,(H4,10,11,14);1-2H,(H,5,6)(H,7,8)/b;2-1-. The second kappa shape index (κ2) is 7.94. The van der Waals surface area contributed by atoms with Crippen molar-refractivity contribution in [1.29, 1.82) is 0 Å². The number of hydrogen-bond donors (Lipinski definition) is 4. The molecule has 9 heteroatoms. The van der Waals surface area contributed by atoms with Gasteiger partial charge in [0.2, 0.25) is 0 Å². The molecule has 0 fully saturated rings. The van der Waals surface area contributed by atoms with Crippen molar-refractivity contribution in [2.24, 2.45) is 0 Å². The molecular formula is C13H13N5O4. The largest absolute Gasteiger partial charge is 0.478 e. The molecule has 0 radical (unpaired) electrons. The lowest BCUT2D eigenvalue weighted by atomic mass is 10.2. The molecule has 0 unspecified atom stereocenters. The summed E-state index contributed by atoms with van der Waals surface area (Å²) in [5.74, 6) is -1.75. The normalized spacial score (nSPS) is 9.82. The Labute approximate surface area is 125 Å². The summed E-state index contributed by atoms with van der Waals surface area (Å²) >= 11 is 0. The van der Waals surface area contributed by atoms with Gasteiger partial charge in [0.25, 0.3) is 0 Å². The molecule has 0 atom stereocenters.